The second-order valence-corrected chi connectivity index (χ2v) is 7.60. The average molecular weight is 416 g/mol. The van der Waals surface area contributed by atoms with E-state index < -0.39 is 0 Å². The van der Waals surface area contributed by atoms with Gasteiger partial charge in [-0.05, 0) is 48.6 Å². The standard InChI is InChI=1S/C22H26ClN3O3/c1-29-20-5-3-2-4-19(20)25-22(28)26-12-10-17(11-13-26)15-24-21(27)14-16-6-8-18(23)9-7-16/h2-9,17H,10-15H2,1H3,(H,24,27)(H,25,28). The van der Waals surface area contributed by atoms with Gasteiger partial charge in [0.05, 0.1) is 19.2 Å². The van der Waals surface area contributed by atoms with Gasteiger partial charge >= 0.3 is 6.03 Å². The van der Waals surface area contributed by atoms with E-state index in [0.717, 1.165) is 18.4 Å². The maximum Gasteiger partial charge on any atom is 0.321 e. The molecule has 2 aromatic rings. The number of piperidine rings is 1. The zero-order chi connectivity index (χ0) is 20.6. The first-order valence-corrected chi connectivity index (χ1v) is 10.1. The normalized spacial score (nSPS) is 14.3. The maximum absolute atomic E-state index is 12.5. The number of ether oxygens (including phenoxy) is 1. The van der Waals surface area contributed by atoms with E-state index in [1.807, 2.05) is 36.4 Å². The molecule has 154 valence electrons. The number of likely N-dealkylation sites (tertiary alicyclic amines) is 1. The van der Waals surface area contributed by atoms with E-state index in [4.69, 9.17) is 16.3 Å². The third-order valence-corrected chi connectivity index (χ3v) is 5.37. The first-order chi connectivity index (χ1) is 14.0. The summed E-state index contributed by atoms with van der Waals surface area (Å²) in [6.45, 7) is 1.96. The first kappa shape index (κ1) is 21.0. The monoisotopic (exact) mass is 415 g/mol. The lowest BCUT2D eigenvalue weighted by Gasteiger charge is -2.32. The molecule has 0 atom stereocenters. The lowest BCUT2D eigenvalue weighted by Crippen LogP contribution is -2.43. The molecule has 2 N–H and O–H groups in total. The number of nitrogens with zero attached hydrogens (tertiary/aromatic N) is 1. The molecule has 0 radical (unpaired) electrons. The van der Waals surface area contributed by atoms with Gasteiger partial charge < -0.3 is 20.3 Å². The zero-order valence-electron chi connectivity index (χ0n) is 16.5. The number of benzene rings is 2. The number of hydrogen-bond acceptors (Lipinski definition) is 3. The molecule has 0 unspecified atom stereocenters. The Kier molecular flexibility index (Phi) is 7.36. The highest BCUT2D eigenvalue weighted by Gasteiger charge is 2.23. The summed E-state index contributed by atoms with van der Waals surface area (Å²) >= 11 is 5.87. The Labute approximate surface area is 176 Å². The molecule has 2 aromatic carbocycles. The van der Waals surface area contributed by atoms with Gasteiger partial charge in [-0.15, -0.1) is 0 Å². The topological polar surface area (TPSA) is 70.7 Å². The van der Waals surface area contributed by atoms with Gasteiger partial charge in [-0.25, -0.2) is 4.79 Å². The molecule has 1 heterocycles. The lowest BCUT2D eigenvalue weighted by atomic mass is 9.97. The third-order valence-electron chi connectivity index (χ3n) is 5.12. The van der Waals surface area contributed by atoms with E-state index >= 15 is 0 Å². The fourth-order valence-electron chi connectivity index (χ4n) is 3.39. The number of rotatable bonds is 6. The summed E-state index contributed by atoms with van der Waals surface area (Å²) in [6, 6.07) is 14.5. The fourth-order valence-corrected chi connectivity index (χ4v) is 3.52. The van der Waals surface area contributed by atoms with Crippen molar-refractivity contribution in [2.45, 2.75) is 19.3 Å². The number of carbonyl (C=O) groups is 2. The van der Waals surface area contributed by atoms with Gasteiger partial charge in [0.2, 0.25) is 5.91 Å². The van der Waals surface area contributed by atoms with Crippen molar-refractivity contribution in [1.82, 2.24) is 10.2 Å². The summed E-state index contributed by atoms with van der Waals surface area (Å²) in [4.78, 5) is 26.5. The molecule has 1 aliphatic heterocycles. The number of nitrogens with one attached hydrogen (secondary N) is 2. The van der Waals surface area contributed by atoms with Crippen LogP contribution in [-0.2, 0) is 11.2 Å². The summed E-state index contributed by atoms with van der Waals surface area (Å²) < 4.78 is 5.27. The van der Waals surface area contributed by atoms with Crippen LogP contribution in [0.4, 0.5) is 10.5 Å². The van der Waals surface area contributed by atoms with Crippen molar-refractivity contribution in [1.29, 1.82) is 0 Å². The van der Waals surface area contributed by atoms with Crippen LogP contribution in [0.15, 0.2) is 48.5 Å². The van der Waals surface area contributed by atoms with Crippen LogP contribution in [0, 0.1) is 5.92 Å². The van der Waals surface area contributed by atoms with Crippen molar-refractivity contribution in [3.63, 3.8) is 0 Å². The van der Waals surface area contributed by atoms with Gasteiger partial charge in [0.25, 0.3) is 0 Å². The smallest absolute Gasteiger partial charge is 0.321 e. The molecule has 1 saturated heterocycles. The minimum atomic E-state index is -0.125. The fraction of sp³-hybridized carbons (Fsp3) is 0.364. The molecule has 0 aromatic heterocycles. The number of urea groups is 1. The molecule has 7 heteroatoms. The van der Waals surface area contributed by atoms with Crippen molar-refractivity contribution >= 4 is 29.2 Å². The Hall–Kier alpha value is -2.73. The highest BCUT2D eigenvalue weighted by atomic mass is 35.5. The molecule has 29 heavy (non-hydrogen) atoms. The molecular formula is C22H26ClN3O3. The molecule has 0 saturated carbocycles. The average Bonchev–Trinajstić information content (AvgIpc) is 2.74. The molecule has 0 bridgehead atoms. The Bertz CT molecular complexity index is 833. The molecule has 1 fully saturated rings. The van der Waals surface area contributed by atoms with Crippen molar-refractivity contribution in [2.24, 2.45) is 5.92 Å². The Morgan fingerprint density at radius 3 is 2.48 bits per heavy atom. The first-order valence-electron chi connectivity index (χ1n) is 9.75. The van der Waals surface area contributed by atoms with Gasteiger partial charge in [0.1, 0.15) is 5.75 Å². The number of para-hydroxylation sites is 2. The highest BCUT2D eigenvalue weighted by molar-refractivity contribution is 6.30. The molecule has 0 spiro atoms. The van der Waals surface area contributed by atoms with E-state index in [1.54, 1.807) is 24.1 Å². The Morgan fingerprint density at radius 2 is 1.79 bits per heavy atom. The van der Waals surface area contributed by atoms with E-state index in [2.05, 4.69) is 10.6 Å². The van der Waals surface area contributed by atoms with Gasteiger partial charge in [-0.3, -0.25) is 4.79 Å². The number of amides is 3. The summed E-state index contributed by atoms with van der Waals surface area (Å²) in [5.41, 5.74) is 1.60. The predicted molar refractivity (Wildman–Crippen MR) is 114 cm³/mol. The van der Waals surface area contributed by atoms with E-state index in [9.17, 15) is 9.59 Å². The van der Waals surface area contributed by atoms with E-state index in [1.165, 1.54) is 0 Å². The summed E-state index contributed by atoms with van der Waals surface area (Å²) in [7, 11) is 1.58. The molecule has 6 nitrogen and oxygen atoms in total. The van der Waals surface area contributed by atoms with Gasteiger partial charge in [-0.1, -0.05) is 35.9 Å². The van der Waals surface area contributed by atoms with E-state index in [0.29, 0.717) is 48.4 Å². The third kappa shape index (κ3) is 6.12. The van der Waals surface area contributed by atoms with Crippen molar-refractivity contribution in [3.05, 3.63) is 59.1 Å². The highest BCUT2D eigenvalue weighted by Crippen LogP contribution is 2.24. The lowest BCUT2D eigenvalue weighted by molar-refractivity contribution is -0.120. The summed E-state index contributed by atoms with van der Waals surface area (Å²) in [5.74, 6) is 1.02. The van der Waals surface area contributed by atoms with E-state index in [-0.39, 0.29) is 11.9 Å². The van der Waals surface area contributed by atoms with Gasteiger partial charge in [0, 0.05) is 24.7 Å². The van der Waals surface area contributed by atoms with Crippen LogP contribution in [0.2, 0.25) is 5.02 Å². The number of halogens is 1. The van der Waals surface area contributed by atoms with Gasteiger partial charge in [-0.2, -0.15) is 0 Å². The van der Waals surface area contributed by atoms with Crippen LogP contribution >= 0.6 is 11.6 Å². The Morgan fingerprint density at radius 1 is 1.10 bits per heavy atom. The molecule has 1 aliphatic rings. The second kappa shape index (κ2) is 10.2. The predicted octanol–water partition coefficient (Wildman–Crippen LogP) is 3.95. The van der Waals surface area contributed by atoms with Crippen molar-refractivity contribution < 1.29 is 14.3 Å². The quantitative estimate of drug-likeness (QED) is 0.750. The van der Waals surface area contributed by atoms with Crippen LogP contribution in [0.25, 0.3) is 0 Å². The van der Waals surface area contributed by atoms with Crippen LogP contribution < -0.4 is 15.4 Å². The van der Waals surface area contributed by atoms with Crippen LogP contribution in [0.5, 0.6) is 5.75 Å². The summed E-state index contributed by atoms with van der Waals surface area (Å²) in [6.07, 6.45) is 2.07. The molecule has 3 amide bonds. The maximum atomic E-state index is 12.5. The Balaban J connectivity index is 1.40. The van der Waals surface area contributed by atoms with Crippen molar-refractivity contribution in [3.8, 4) is 5.75 Å². The molecule has 0 aliphatic carbocycles. The van der Waals surface area contributed by atoms with Crippen LogP contribution in [-0.4, -0.2) is 43.6 Å². The number of carbonyl (C=O) groups excluding carboxylic acids is 2. The van der Waals surface area contributed by atoms with Crippen molar-refractivity contribution in [2.75, 3.05) is 32.1 Å². The zero-order valence-corrected chi connectivity index (χ0v) is 17.2. The second-order valence-electron chi connectivity index (χ2n) is 7.17. The van der Waals surface area contributed by atoms with Gasteiger partial charge in [0.15, 0.2) is 0 Å². The number of hydrogen-bond donors (Lipinski definition) is 2. The number of anilines is 1. The molecular weight excluding hydrogens is 390 g/mol. The summed E-state index contributed by atoms with van der Waals surface area (Å²) in [5, 5.41) is 6.58. The largest absolute Gasteiger partial charge is 0.495 e. The molecule has 3 rings (SSSR count). The minimum Gasteiger partial charge on any atom is -0.495 e. The van der Waals surface area contributed by atoms with Crippen LogP contribution in [0.3, 0.4) is 0 Å². The SMILES string of the molecule is COc1ccccc1NC(=O)N1CCC(CNC(=O)Cc2ccc(Cl)cc2)CC1. The van der Waals surface area contributed by atoms with Crippen LogP contribution in [0.1, 0.15) is 18.4 Å². The number of methoxy groups -OCH3 is 1. The minimum absolute atomic E-state index is 0.00340.